The normalized spacial score (nSPS) is 13.3. The second kappa shape index (κ2) is 8.61. The predicted molar refractivity (Wildman–Crippen MR) is 112 cm³/mol. The molecule has 1 aliphatic rings. The Kier molecular flexibility index (Phi) is 5.74. The number of nitrogens with zero attached hydrogens (tertiary/aromatic N) is 1. The molecule has 156 valence electrons. The van der Waals surface area contributed by atoms with Crippen LogP contribution in [0, 0.1) is 6.92 Å². The zero-order valence-electron chi connectivity index (χ0n) is 17.2. The zero-order valence-corrected chi connectivity index (χ0v) is 17.2. The van der Waals surface area contributed by atoms with Crippen LogP contribution in [-0.4, -0.2) is 36.5 Å². The van der Waals surface area contributed by atoms with Crippen LogP contribution >= 0.6 is 0 Å². The van der Waals surface area contributed by atoms with E-state index in [0.717, 1.165) is 46.3 Å². The van der Waals surface area contributed by atoms with E-state index in [9.17, 15) is 9.59 Å². The number of hydrogen-bond donors (Lipinski definition) is 0. The summed E-state index contributed by atoms with van der Waals surface area (Å²) in [5, 5.41) is 0.892. The van der Waals surface area contributed by atoms with Gasteiger partial charge in [0.15, 0.2) is 6.61 Å². The molecule has 1 saturated carbocycles. The summed E-state index contributed by atoms with van der Waals surface area (Å²) >= 11 is 0. The Bertz CT molecular complexity index is 1050. The van der Waals surface area contributed by atoms with Crippen molar-refractivity contribution in [3.05, 3.63) is 65.4 Å². The quantitative estimate of drug-likeness (QED) is 0.528. The highest BCUT2D eigenvalue weighted by atomic mass is 16.5. The van der Waals surface area contributed by atoms with Crippen molar-refractivity contribution >= 4 is 22.8 Å². The molecule has 6 nitrogen and oxygen atoms in total. The standard InChI is InChI=1S/C24H25NO5/c1-16-3-10-21-18(14-29-22(21)11-16)12-24(27)30-15-23(26)25(19-6-7-19)13-17-4-8-20(28-2)9-5-17/h3-5,8-11,14,19H,6-7,12-13,15H2,1-2H3. The third-order valence-electron chi connectivity index (χ3n) is 5.32. The fraction of sp³-hybridized carbons (Fsp3) is 0.333. The van der Waals surface area contributed by atoms with E-state index in [1.54, 1.807) is 18.3 Å². The first-order valence-electron chi connectivity index (χ1n) is 10.1. The summed E-state index contributed by atoms with van der Waals surface area (Å²) in [6.45, 7) is 2.23. The number of aryl methyl sites for hydroxylation is 1. The Balaban J connectivity index is 1.34. The van der Waals surface area contributed by atoms with Gasteiger partial charge in [-0.15, -0.1) is 0 Å². The number of carbonyl (C=O) groups excluding carboxylic acids is 2. The Morgan fingerprint density at radius 2 is 1.90 bits per heavy atom. The number of rotatable bonds is 8. The molecule has 30 heavy (non-hydrogen) atoms. The van der Waals surface area contributed by atoms with Crippen molar-refractivity contribution in [2.24, 2.45) is 0 Å². The largest absolute Gasteiger partial charge is 0.497 e. The highest BCUT2D eigenvalue weighted by molar-refractivity contribution is 5.87. The van der Waals surface area contributed by atoms with Gasteiger partial charge in [0.1, 0.15) is 11.3 Å². The van der Waals surface area contributed by atoms with Crippen LogP contribution in [0.1, 0.15) is 29.5 Å². The second-order valence-electron chi connectivity index (χ2n) is 7.70. The number of amides is 1. The maximum atomic E-state index is 12.7. The maximum Gasteiger partial charge on any atom is 0.310 e. The summed E-state index contributed by atoms with van der Waals surface area (Å²) in [5.74, 6) is 0.167. The van der Waals surface area contributed by atoms with Crippen LogP contribution in [0.25, 0.3) is 11.0 Å². The van der Waals surface area contributed by atoms with Gasteiger partial charge in [-0.05, 0) is 49.1 Å². The number of esters is 1. The van der Waals surface area contributed by atoms with Gasteiger partial charge in [0.25, 0.3) is 5.91 Å². The maximum absolute atomic E-state index is 12.7. The lowest BCUT2D eigenvalue weighted by atomic mass is 10.1. The van der Waals surface area contributed by atoms with Crippen molar-refractivity contribution < 1.29 is 23.5 Å². The number of ether oxygens (including phenoxy) is 2. The number of fused-ring (bicyclic) bond motifs is 1. The van der Waals surface area contributed by atoms with E-state index in [-0.39, 0.29) is 25.0 Å². The van der Waals surface area contributed by atoms with E-state index in [2.05, 4.69) is 0 Å². The average molecular weight is 407 g/mol. The van der Waals surface area contributed by atoms with Crippen LogP contribution in [0.15, 0.2) is 53.1 Å². The Morgan fingerprint density at radius 1 is 1.13 bits per heavy atom. The van der Waals surface area contributed by atoms with Crippen molar-refractivity contribution in [3.8, 4) is 5.75 Å². The lowest BCUT2D eigenvalue weighted by Crippen LogP contribution is -2.36. The lowest BCUT2D eigenvalue weighted by molar-refractivity contribution is -0.152. The number of benzene rings is 2. The molecule has 2 aromatic carbocycles. The molecule has 0 atom stereocenters. The van der Waals surface area contributed by atoms with Crippen molar-refractivity contribution in [2.75, 3.05) is 13.7 Å². The van der Waals surface area contributed by atoms with E-state index in [0.29, 0.717) is 6.54 Å². The molecule has 0 unspecified atom stereocenters. The molecule has 3 aromatic rings. The van der Waals surface area contributed by atoms with Gasteiger partial charge < -0.3 is 18.8 Å². The summed E-state index contributed by atoms with van der Waals surface area (Å²) in [6, 6.07) is 13.7. The number of carbonyl (C=O) groups is 2. The Labute approximate surface area is 175 Å². The minimum Gasteiger partial charge on any atom is -0.497 e. The molecule has 0 bridgehead atoms. The third kappa shape index (κ3) is 4.64. The molecule has 1 aliphatic carbocycles. The summed E-state index contributed by atoms with van der Waals surface area (Å²) in [7, 11) is 1.62. The Morgan fingerprint density at radius 3 is 2.60 bits per heavy atom. The molecule has 1 amide bonds. The van der Waals surface area contributed by atoms with Gasteiger partial charge in [-0.1, -0.05) is 24.3 Å². The zero-order chi connectivity index (χ0) is 21.1. The monoisotopic (exact) mass is 407 g/mol. The highest BCUT2D eigenvalue weighted by Gasteiger charge is 2.33. The molecule has 1 aromatic heterocycles. The molecule has 0 radical (unpaired) electrons. The fourth-order valence-electron chi connectivity index (χ4n) is 3.49. The molecule has 0 aliphatic heterocycles. The van der Waals surface area contributed by atoms with E-state index < -0.39 is 5.97 Å². The van der Waals surface area contributed by atoms with Crippen LogP contribution in [-0.2, 0) is 27.3 Å². The predicted octanol–water partition coefficient (Wildman–Crippen LogP) is 4.03. The molecule has 0 spiro atoms. The number of hydrogen-bond acceptors (Lipinski definition) is 5. The smallest absolute Gasteiger partial charge is 0.310 e. The minimum atomic E-state index is -0.438. The molecule has 1 heterocycles. The molecular weight excluding hydrogens is 382 g/mol. The van der Waals surface area contributed by atoms with E-state index in [1.807, 2.05) is 49.4 Å². The minimum absolute atomic E-state index is 0.0747. The van der Waals surface area contributed by atoms with Crippen LogP contribution in [0.4, 0.5) is 0 Å². The molecule has 6 heteroatoms. The van der Waals surface area contributed by atoms with Gasteiger partial charge >= 0.3 is 5.97 Å². The average Bonchev–Trinajstić information content (AvgIpc) is 3.52. The van der Waals surface area contributed by atoms with Gasteiger partial charge in [0.05, 0.1) is 19.8 Å². The second-order valence-corrected chi connectivity index (χ2v) is 7.70. The SMILES string of the molecule is COc1ccc(CN(C(=O)COC(=O)Cc2coc3cc(C)ccc23)C2CC2)cc1. The van der Waals surface area contributed by atoms with Crippen LogP contribution in [0.2, 0.25) is 0 Å². The molecule has 0 N–H and O–H groups in total. The van der Waals surface area contributed by atoms with Gasteiger partial charge in [-0.25, -0.2) is 0 Å². The number of methoxy groups -OCH3 is 1. The summed E-state index contributed by atoms with van der Waals surface area (Å²) < 4.78 is 16.0. The summed E-state index contributed by atoms with van der Waals surface area (Å²) in [6.07, 6.45) is 3.62. The van der Waals surface area contributed by atoms with Crippen molar-refractivity contribution in [1.29, 1.82) is 0 Å². The molecular formula is C24H25NO5. The van der Waals surface area contributed by atoms with Crippen molar-refractivity contribution in [2.45, 2.75) is 38.8 Å². The lowest BCUT2D eigenvalue weighted by Gasteiger charge is -2.22. The van der Waals surface area contributed by atoms with E-state index in [4.69, 9.17) is 13.9 Å². The third-order valence-corrected chi connectivity index (χ3v) is 5.32. The van der Waals surface area contributed by atoms with E-state index in [1.165, 1.54) is 0 Å². The van der Waals surface area contributed by atoms with Crippen LogP contribution < -0.4 is 4.74 Å². The first-order chi connectivity index (χ1) is 14.5. The first kappa shape index (κ1) is 20.0. The van der Waals surface area contributed by atoms with Gasteiger partial charge in [-0.2, -0.15) is 0 Å². The number of furan rings is 1. The van der Waals surface area contributed by atoms with Gasteiger partial charge in [-0.3, -0.25) is 9.59 Å². The Hall–Kier alpha value is -3.28. The van der Waals surface area contributed by atoms with Crippen LogP contribution in [0.5, 0.6) is 5.75 Å². The van der Waals surface area contributed by atoms with Crippen molar-refractivity contribution in [1.82, 2.24) is 4.90 Å². The van der Waals surface area contributed by atoms with Gasteiger partial charge in [0, 0.05) is 23.5 Å². The van der Waals surface area contributed by atoms with Crippen molar-refractivity contribution in [3.63, 3.8) is 0 Å². The summed E-state index contributed by atoms with van der Waals surface area (Å²) in [5.41, 5.74) is 3.61. The molecule has 0 saturated heterocycles. The summed E-state index contributed by atoms with van der Waals surface area (Å²) in [4.78, 5) is 26.8. The molecule has 4 rings (SSSR count). The highest BCUT2D eigenvalue weighted by Crippen LogP contribution is 2.29. The first-order valence-corrected chi connectivity index (χ1v) is 10.1. The fourth-order valence-corrected chi connectivity index (χ4v) is 3.49. The van der Waals surface area contributed by atoms with E-state index >= 15 is 0 Å². The molecule has 1 fully saturated rings. The topological polar surface area (TPSA) is 69.0 Å². The van der Waals surface area contributed by atoms with Crippen LogP contribution in [0.3, 0.4) is 0 Å². The van der Waals surface area contributed by atoms with Gasteiger partial charge in [0.2, 0.25) is 0 Å².